The first-order chi connectivity index (χ1) is 20.8. The summed E-state index contributed by atoms with van der Waals surface area (Å²) in [6, 6.07) is 25.2. The third kappa shape index (κ3) is 7.05. The topological polar surface area (TPSA) is 57.2 Å². The molecule has 0 spiro atoms. The van der Waals surface area contributed by atoms with Crippen LogP contribution in [0.1, 0.15) is 72.2 Å². The van der Waals surface area contributed by atoms with Crippen LogP contribution in [0.4, 0.5) is 0 Å². The summed E-state index contributed by atoms with van der Waals surface area (Å²) in [4.78, 5) is 0. The second kappa shape index (κ2) is 13.4. The van der Waals surface area contributed by atoms with Gasteiger partial charge < -0.3 is 24.1 Å². The van der Waals surface area contributed by atoms with Crippen molar-refractivity contribution in [2.45, 2.75) is 72.3 Å². The summed E-state index contributed by atoms with van der Waals surface area (Å²) in [6.07, 6.45) is -0.773. The van der Waals surface area contributed by atoms with E-state index in [-0.39, 0.29) is 24.0 Å². The summed E-state index contributed by atoms with van der Waals surface area (Å²) in [6.45, 7) is 17.4. The molecule has 0 aliphatic carbocycles. The van der Waals surface area contributed by atoms with Crippen molar-refractivity contribution < 1.29 is 24.1 Å². The zero-order valence-corrected chi connectivity index (χ0v) is 28.0. The minimum Gasteiger partial charge on any atom is -0.496 e. The molecular formula is C39H48O5. The first-order valence-electron chi connectivity index (χ1n) is 15.2. The van der Waals surface area contributed by atoms with Crippen LogP contribution in [-0.2, 0) is 10.8 Å². The van der Waals surface area contributed by atoms with Crippen LogP contribution >= 0.6 is 0 Å². The van der Waals surface area contributed by atoms with Gasteiger partial charge in [0.15, 0.2) is 0 Å². The highest BCUT2D eigenvalue weighted by molar-refractivity contribution is 5.48. The Morgan fingerprint density at radius 2 is 0.773 bits per heavy atom. The minimum atomic E-state index is -0.773. The van der Waals surface area contributed by atoms with Crippen molar-refractivity contribution in [3.63, 3.8) is 0 Å². The lowest BCUT2D eigenvalue weighted by Gasteiger charge is -2.28. The fraction of sp³-hybridized carbons (Fsp3) is 0.385. The average molecular weight is 597 g/mol. The molecule has 0 fully saturated rings. The van der Waals surface area contributed by atoms with Gasteiger partial charge in [-0.1, -0.05) is 76.2 Å². The molecule has 0 aliphatic rings. The molecule has 0 amide bonds. The van der Waals surface area contributed by atoms with E-state index < -0.39 is 6.10 Å². The highest BCUT2D eigenvalue weighted by Gasteiger charge is 2.26. The molecule has 4 aromatic rings. The van der Waals surface area contributed by atoms with Crippen LogP contribution in [-0.4, -0.2) is 38.6 Å². The van der Waals surface area contributed by atoms with Crippen molar-refractivity contribution >= 4 is 0 Å². The Morgan fingerprint density at radius 3 is 1.02 bits per heavy atom. The van der Waals surface area contributed by atoms with Crippen molar-refractivity contribution in [2.75, 3.05) is 27.4 Å². The first-order valence-corrected chi connectivity index (χ1v) is 15.2. The standard InChI is InChI=1S/C39H48O5/c1-25-19-29(11-15-34(25)41-9)38(5,6)31-13-17-36(27(3)21-31)43-23-33(40)24-44-37-18-14-32(22-28(37)4)39(7,8)30-12-16-35(42-10)26(2)20-30/h11-22,33,40H,23-24H2,1-10H3. The number of benzene rings is 4. The molecule has 5 nitrogen and oxygen atoms in total. The Bertz CT molecular complexity index is 1480. The first kappa shape index (κ1) is 32.9. The van der Waals surface area contributed by atoms with Crippen LogP contribution < -0.4 is 18.9 Å². The lowest BCUT2D eigenvalue weighted by molar-refractivity contribution is 0.0621. The van der Waals surface area contributed by atoms with E-state index in [0.29, 0.717) is 0 Å². The molecule has 1 N–H and O–H groups in total. The van der Waals surface area contributed by atoms with E-state index in [2.05, 4.69) is 90.1 Å². The molecule has 5 heteroatoms. The largest absolute Gasteiger partial charge is 0.496 e. The molecule has 234 valence electrons. The minimum absolute atomic E-state index is 0.141. The number of aliphatic hydroxyl groups is 1. The summed E-state index contributed by atoms with van der Waals surface area (Å²) >= 11 is 0. The van der Waals surface area contributed by atoms with E-state index in [1.54, 1.807) is 14.2 Å². The Balaban J connectivity index is 1.36. The number of rotatable bonds is 12. The molecule has 0 bridgehead atoms. The SMILES string of the molecule is COc1ccc(C(C)(C)c2ccc(OCC(O)COc3ccc(C(C)(C)c4ccc(OC)c(C)c4)cc3C)c(C)c2)cc1C. The third-order valence-electron chi connectivity index (χ3n) is 8.89. The van der Waals surface area contributed by atoms with Crippen molar-refractivity contribution in [3.05, 3.63) is 117 Å². The molecule has 4 aromatic carbocycles. The van der Waals surface area contributed by atoms with Crippen LogP contribution in [0.5, 0.6) is 23.0 Å². The lowest BCUT2D eigenvalue weighted by Crippen LogP contribution is -2.25. The number of aliphatic hydroxyl groups excluding tert-OH is 1. The van der Waals surface area contributed by atoms with Crippen molar-refractivity contribution in [1.82, 2.24) is 0 Å². The highest BCUT2D eigenvalue weighted by atomic mass is 16.5. The number of hydrogen-bond donors (Lipinski definition) is 1. The van der Waals surface area contributed by atoms with Gasteiger partial charge in [0.1, 0.15) is 42.3 Å². The number of methoxy groups -OCH3 is 2. The molecule has 0 aliphatic heterocycles. The van der Waals surface area contributed by atoms with Crippen molar-refractivity contribution in [1.29, 1.82) is 0 Å². The molecule has 0 unspecified atom stereocenters. The van der Waals surface area contributed by atoms with Gasteiger partial charge >= 0.3 is 0 Å². The van der Waals surface area contributed by atoms with Gasteiger partial charge in [0.2, 0.25) is 0 Å². The maximum Gasteiger partial charge on any atom is 0.122 e. The summed E-state index contributed by atoms with van der Waals surface area (Å²) < 4.78 is 22.9. The highest BCUT2D eigenvalue weighted by Crippen LogP contribution is 2.37. The average Bonchev–Trinajstić information content (AvgIpc) is 2.99. The second-order valence-corrected chi connectivity index (χ2v) is 12.9. The summed E-state index contributed by atoms with van der Waals surface area (Å²) in [7, 11) is 3.40. The van der Waals surface area contributed by atoms with Gasteiger partial charge in [-0.25, -0.2) is 0 Å². The molecule has 0 radical (unpaired) electrons. The van der Waals surface area contributed by atoms with Crippen LogP contribution in [0.3, 0.4) is 0 Å². The molecule has 0 saturated carbocycles. The van der Waals surface area contributed by atoms with Gasteiger partial charge in [-0.05, 0) is 96.5 Å². The summed E-state index contributed by atoms with van der Waals surface area (Å²) in [5.74, 6) is 3.29. The molecule has 0 heterocycles. The summed E-state index contributed by atoms with van der Waals surface area (Å²) in [5, 5.41) is 10.7. The monoisotopic (exact) mass is 596 g/mol. The number of aryl methyl sites for hydroxylation is 4. The van der Waals surface area contributed by atoms with Gasteiger partial charge in [0.05, 0.1) is 14.2 Å². The van der Waals surface area contributed by atoms with Crippen LogP contribution in [0.25, 0.3) is 0 Å². The molecule has 0 atom stereocenters. The third-order valence-corrected chi connectivity index (χ3v) is 8.89. The lowest BCUT2D eigenvalue weighted by atomic mass is 9.77. The molecule has 44 heavy (non-hydrogen) atoms. The second-order valence-electron chi connectivity index (χ2n) is 12.9. The van der Waals surface area contributed by atoms with E-state index >= 15 is 0 Å². The fourth-order valence-electron chi connectivity index (χ4n) is 5.69. The molecule has 0 aromatic heterocycles. The smallest absolute Gasteiger partial charge is 0.122 e. The Kier molecular flexibility index (Phi) is 10.00. The predicted molar refractivity (Wildman–Crippen MR) is 179 cm³/mol. The van der Waals surface area contributed by atoms with Crippen molar-refractivity contribution in [2.24, 2.45) is 0 Å². The maximum atomic E-state index is 10.7. The van der Waals surface area contributed by atoms with Crippen molar-refractivity contribution in [3.8, 4) is 23.0 Å². The van der Waals surface area contributed by atoms with Crippen LogP contribution in [0.15, 0.2) is 72.8 Å². The number of ether oxygens (including phenoxy) is 4. The fourth-order valence-corrected chi connectivity index (χ4v) is 5.69. The Labute approximate surface area is 263 Å². The van der Waals surface area contributed by atoms with E-state index in [4.69, 9.17) is 18.9 Å². The molecule has 0 saturated heterocycles. The summed E-state index contributed by atoms with van der Waals surface area (Å²) in [5.41, 5.74) is 8.73. The van der Waals surface area contributed by atoms with E-state index in [0.717, 1.165) is 45.3 Å². The Hall–Kier alpha value is -3.96. The molecule has 4 rings (SSSR count). The maximum absolute atomic E-state index is 10.7. The number of hydrogen-bond acceptors (Lipinski definition) is 5. The quantitative estimate of drug-likeness (QED) is 0.178. The zero-order chi connectivity index (χ0) is 32.2. The van der Waals surface area contributed by atoms with Gasteiger partial charge in [0.25, 0.3) is 0 Å². The van der Waals surface area contributed by atoms with Crippen LogP contribution in [0.2, 0.25) is 0 Å². The van der Waals surface area contributed by atoms with Gasteiger partial charge in [-0.3, -0.25) is 0 Å². The Morgan fingerprint density at radius 1 is 0.500 bits per heavy atom. The van der Waals surface area contributed by atoms with Gasteiger partial charge in [-0.2, -0.15) is 0 Å². The predicted octanol–water partition coefficient (Wildman–Crippen LogP) is 8.41. The zero-order valence-electron chi connectivity index (χ0n) is 28.0. The van der Waals surface area contributed by atoms with E-state index in [1.165, 1.54) is 22.3 Å². The van der Waals surface area contributed by atoms with Gasteiger partial charge in [-0.15, -0.1) is 0 Å². The van der Waals surface area contributed by atoms with Crippen LogP contribution in [0, 0.1) is 27.7 Å². The normalized spacial score (nSPS) is 11.9. The van der Waals surface area contributed by atoms with Gasteiger partial charge in [0, 0.05) is 10.8 Å². The molecular weight excluding hydrogens is 548 g/mol. The van der Waals surface area contributed by atoms with E-state index in [9.17, 15) is 5.11 Å². The van der Waals surface area contributed by atoms with E-state index in [1.807, 2.05) is 38.1 Å².